The lowest BCUT2D eigenvalue weighted by Gasteiger charge is -2.33. The molecule has 0 fully saturated rings. The summed E-state index contributed by atoms with van der Waals surface area (Å²) in [4.78, 5) is 23.6. The van der Waals surface area contributed by atoms with Gasteiger partial charge in [0.25, 0.3) is 0 Å². The second kappa shape index (κ2) is 5.09. The van der Waals surface area contributed by atoms with Crippen LogP contribution in [0, 0.1) is 0 Å². The number of methoxy groups -OCH3 is 1. The molecule has 1 atom stereocenters. The molecule has 0 rings (SSSR count). The van der Waals surface area contributed by atoms with E-state index in [1.54, 1.807) is 0 Å². The van der Waals surface area contributed by atoms with Crippen molar-refractivity contribution in [3.63, 3.8) is 0 Å². The smallest absolute Gasteiger partial charge is 0.329 e. The Morgan fingerprint density at radius 3 is 2.33 bits per heavy atom. The number of rotatable bonds is 5. The lowest BCUT2D eigenvalue weighted by molar-refractivity contribution is -0.156. The number of amides is 1. The fourth-order valence-electron chi connectivity index (χ4n) is 0.919. The first-order valence-corrected chi connectivity index (χ1v) is 4.50. The van der Waals surface area contributed by atoms with Crippen molar-refractivity contribution in [2.75, 3.05) is 20.8 Å². The number of nitrogens with two attached hydrogens (primary N) is 1. The van der Waals surface area contributed by atoms with E-state index in [2.05, 4.69) is 0 Å². The second-order valence-electron chi connectivity index (χ2n) is 3.82. The highest BCUT2D eigenvalue weighted by Gasteiger charge is 2.36. The normalized spacial score (nSPS) is 13.4. The molecule has 0 heterocycles. The van der Waals surface area contributed by atoms with E-state index in [9.17, 15) is 9.59 Å². The summed E-state index contributed by atoms with van der Waals surface area (Å²) in [5, 5.41) is 8.91. The third kappa shape index (κ3) is 3.17. The average molecular weight is 218 g/mol. The van der Waals surface area contributed by atoms with Crippen LogP contribution in [0.4, 0.5) is 0 Å². The Morgan fingerprint density at radius 1 is 1.53 bits per heavy atom. The minimum atomic E-state index is -1.28. The molecular weight excluding hydrogens is 200 g/mol. The van der Waals surface area contributed by atoms with Crippen LogP contribution in [0.2, 0.25) is 0 Å². The molecule has 0 aliphatic rings. The average Bonchev–Trinajstić information content (AvgIpc) is 2.15. The fraction of sp³-hybridized carbons (Fsp3) is 0.778. The number of carbonyl (C=O) groups excluding carboxylic acids is 1. The monoisotopic (exact) mass is 218 g/mol. The molecule has 0 aromatic rings. The summed E-state index contributed by atoms with van der Waals surface area (Å²) in [7, 11) is 2.83. The molecule has 0 spiro atoms. The van der Waals surface area contributed by atoms with Gasteiger partial charge in [-0.3, -0.25) is 4.79 Å². The quantitative estimate of drug-likeness (QED) is 0.635. The third-order valence-corrected chi connectivity index (χ3v) is 2.36. The first kappa shape index (κ1) is 13.9. The lowest BCUT2D eigenvalue weighted by atomic mass is 10.0. The summed E-state index contributed by atoms with van der Waals surface area (Å²) in [5.41, 5.74) is 4.24. The van der Waals surface area contributed by atoms with E-state index in [4.69, 9.17) is 15.6 Å². The molecule has 1 amide bonds. The van der Waals surface area contributed by atoms with E-state index < -0.39 is 23.5 Å². The molecule has 6 heteroatoms. The molecule has 0 aromatic carbocycles. The summed E-state index contributed by atoms with van der Waals surface area (Å²) >= 11 is 0. The van der Waals surface area contributed by atoms with Crippen LogP contribution < -0.4 is 5.73 Å². The molecule has 0 saturated carbocycles. The largest absolute Gasteiger partial charge is 0.480 e. The zero-order valence-corrected chi connectivity index (χ0v) is 9.48. The van der Waals surface area contributed by atoms with Gasteiger partial charge < -0.3 is 20.5 Å². The standard InChI is InChI=1S/C9H18N2O4/c1-9(2,8(13)14)11(3)7(12)6(10)5-15-4/h6H,5,10H2,1-4H3,(H,13,14). The van der Waals surface area contributed by atoms with Gasteiger partial charge in [-0.05, 0) is 13.8 Å². The van der Waals surface area contributed by atoms with Gasteiger partial charge in [0.15, 0.2) is 0 Å². The van der Waals surface area contributed by atoms with Gasteiger partial charge in [-0.25, -0.2) is 4.79 Å². The van der Waals surface area contributed by atoms with Gasteiger partial charge in [-0.2, -0.15) is 0 Å². The Kier molecular flexibility index (Phi) is 4.70. The predicted octanol–water partition coefficient (Wildman–Crippen LogP) is -0.718. The number of carbonyl (C=O) groups is 2. The molecule has 0 aliphatic heterocycles. The third-order valence-electron chi connectivity index (χ3n) is 2.36. The first-order chi connectivity index (χ1) is 6.75. The Morgan fingerprint density at radius 2 is 2.00 bits per heavy atom. The fourth-order valence-corrected chi connectivity index (χ4v) is 0.919. The van der Waals surface area contributed by atoms with Crippen molar-refractivity contribution in [2.24, 2.45) is 5.73 Å². The van der Waals surface area contributed by atoms with Gasteiger partial charge >= 0.3 is 5.97 Å². The molecule has 88 valence electrons. The summed E-state index contributed by atoms with van der Waals surface area (Å²) in [6.45, 7) is 2.94. The molecule has 6 nitrogen and oxygen atoms in total. The van der Waals surface area contributed by atoms with Gasteiger partial charge in [-0.15, -0.1) is 0 Å². The highest BCUT2D eigenvalue weighted by molar-refractivity contribution is 5.88. The number of aliphatic carboxylic acids is 1. The van der Waals surface area contributed by atoms with Crippen molar-refractivity contribution in [3.8, 4) is 0 Å². The van der Waals surface area contributed by atoms with Crippen LogP contribution in [0.25, 0.3) is 0 Å². The molecule has 0 aliphatic carbocycles. The number of nitrogens with zero attached hydrogens (tertiary/aromatic N) is 1. The molecular formula is C9H18N2O4. The van der Waals surface area contributed by atoms with Crippen molar-refractivity contribution in [2.45, 2.75) is 25.4 Å². The maximum absolute atomic E-state index is 11.6. The number of hydrogen-bond acceptors (Lipinski definition) is 4. The van der Waals surface area contributed by atoms with Crippen LogP contribution in [-0.4, -0.2) is 54.2 Å². The summed E-state index contributed by atoms with van der Waals surface area (Å²) < 4.78 is 4.73. The number of ether oxygens (including phenoxy) is 1. The Labute approximate surface area is 89.0 Å². The summed E-state index contributed by atoms with van der Waals surface area (Å²) in [6, 6.07) is -0.835. The minimum Gasteiger partial charge on any atom is -0.480 e. The molecule has 3 N–H and O–H groups in total. The van der Waals surface area contributed by atoms with Crippen molar-refractivity contribution >= 4 is 11.9 Å². The van der Waals surface area contributed by atoms with Crippen LogP contribution in [0.1, 0.15) is 13.8 Å². The van der Waals surface area contributed by atoms with Crippen molar-refractivity contribution in [1.82, 2.24) is 4.90 Å². The van der Waals surface area contributed by atoms with Crippen molar-refractivity contribution < 1.29 is 19.4 Å². The molecule has 1 unspecified atom stereocenters. The maximum atomic E-state index is 11.6. The molecule has 0 bridgehead atoms. The van der Waals surface area contributed by atoms with Gasteiger partial charge in [0.05, 0.1) is 6.61 Å². The Hall–Kier alpha value is -1.14. The maximum Gasteiger partial charge on any atom is 0.329 e. The van der Waals surface area contributed by atoms with Crippen molar-refractivity contribution in [3.05, 3.63) is 0 Å². The van der Waals surface area contributed by atoms with Crippen LogP contribution in [0.3, 0.4) is 0 Å². The lowest BCUT2D eigenvalue weighted by Crippen LogP contribution is -2.56. The Bertz CT molecular complexity index is 252. The van der Waals surface area contributed by atoms with E-state index >= 15 is 0 Å². The van der Waals surface area contributed by atoms with Crippen LogP contribution >= 0.6 is 0 Å². The van der Waals surface area contributed by atoms with Crippen LogP contribution in [0.5, 0.6) is 0 Å². The zero-order valence-electron chi connectivity index (χ0n) is 9.48. The van der Waals surface area contributed by atoms with Gasteiger partial charge in [-0.1, -0.05) is 0 Å². The zero-order chi connectivity index (χ0) is 12.2. The second-order valence-corrected chi connectivity index (χ2v) is 3.82. The van der Waals surface area contributed by atoms with Gasteiger partial charge in [0.2, 0.25) is 5.91 Å². The van der Waals surface area contributed by atoms with Crippen molar-refractivity contribution in [1.29, 1.82) is 0 Å². The van der Waals surface area contributed by atoms with E-state index in [0.29, 0.717) is 0 Å². The van der Waals surface area contributed by atoms with Gasteiger partial charge in [0.1, 0.15) is 11.6 Å². The van der Waals surface area contributed by atoms with Crippen LogP contribution in [0.15, 0.2) is 0 Å². The van der Waals surface area contributed by atoms with Gasteiger partial charge in [0, 0.05) is 14.2 Å². The number of likely N-dealkylation sites (N-methyl/N-ethyl adjacent to an activating group) is 1. The van der Waals surface area contributed by atoms with E-state index in [-0.39, 0.29) is 6.61 Å². The van der Waals surface area contributed by atoms with Crippen LogP contribution in [-0.2, 0) is 14.3 Å². The molecule has 0 radical (unpaired) electrons. The Balaban J connectivity index is 4.64. The number of carboxylic acids is 1. The van der Waals surface area contributed by atoms with E-state index in [1.807, 2.05) is 0 Å². The summed E-state index contributed by atoms with van der Waals surface area (Å²) in [6.07, 6.45) is 0. The number of carboxylic acid groups (broad SMARTS) is 1. The highest BCUT2D eigenvalue weighted by atomic mass is 16.5. The summed E-state index contributed by atoms with van der Waals surface area (Å²) in [5.74, 6) is -1.53. The first-order valence-electron chi connectivity index (χ1n) is 4.50. The SMILES string of the molecule is COCC(N)C(=O)N(C)C(C)(C)C(=O)O. The molecule has 0 aromatic heterocycles. The predicted molar refractivity (Wildman–Crippen MR) is 54.3 cm³/mol. The van der Waals surface area contributed by atoms with E-state index in [1.165, 1.54) is 28.0 Å². The molecule has 0 saturated heterocycles. The van der Waals surface area contributed by atoms with E-state index in [0.717, 1.165) is 4.90 Å². The highest BCUT2D eigenvalue weighted by Crippen LogP contribution is 2.13. The minimum absolute atomic E-state index is 0.0683. The topological polar surface area (TPSA) is 92.9 Å². The molecule has 15 heavy (non-hydrogen) atoms. The number of hydrogen-bond donors (Lipinski definition) is 2.